The van der Waals surface area contributed by atoms with Crippen LogP contribution in [0.25, 0.3) is 0 Å². The lowest BCUT2D eigenvalue weighted by atomic mass is 9.93. The van der Waals surface area contributed by atoms with Gasteiger partial charge < -0.3 is 10.4 Å². The largest absolute Gasteiger partial charge is 0.393 e. The van der Waals surface area contributed by atoms with E-state index >= 15 is 0 Å². The van der Waals surface area contributed by atoms with Gasteiger partial charge in [-0.25, -0.2) is 0 Å². The molecule has 0 spiro atoms. The summed E-state index contributed by atoms with van der Waals surface area (Å²) in [4.78, 5) is 0. The highest BCUT2D eigenvalue weighted by Gasteiger charge is 2.23. The zero-order valence-corrected chi connectivity index (χ0v) is 10.9. The molecule has 18 heavy (non-hydrogen) atoms. The van der Waals surface area contributed by atoms with Gasteiger partial charge in [0.05, 0.1) is 6.10 Å². The molecule has 0 heterocycles. The van der Waals surface area contributed by atoms with Gasteiger partial charge in [-0.3, -0.25) is 0 Å². The van der Waals surface area contributed by atoms with E-state index in [1.807, 2.05) is 0 Å². The number of benzene rings is 1. The maximum Gasteiger partial charge on any atom is 0.0541 e. The Kier molecular flexibility index (Phi) is 3.67. The van der Waals surface area contributed by atoms with Crippen LogP contribution in [0.2, 0.25) is 0 Å². The van der Waals surface area contributed by atoms with Crippen molar-refractivity contribution in [2.24, 2.45) is 0 Å². The van der Waals surface area contributed by atoms with Crippen LogP contribution in [0, 0.1) is 0 Å². The number of nitrogens with one attached hydrogen (secondary N) is 1. The van der Waals surface area contributed by atoms with Gasteiger partial charge in [-0.2, -0.15) is 0 Å². The van der Waals surface area contributed by atoms with Crippen LogP contribution in [0.5, 0.6) is 0 Å². The smallest absolute Gasteiger partial charge is 0.0541 e. The Morgan fingerprint density at radius 3 is 2.56 bits per heavy atom. The minimum Gasteiger partial charge on any atom is -0.393 e. The molecular formula is C16H23NO. The molecule has 0 aliphatic heterocycles. The van der Waals surface area contributed by atoms with Crippen molar-refractivity contribution in [1.29, 1.82) is 0 Å². The average molecular weight is 245 g/mol. The molecule has 2 fully saturated rings. The van der Waals surface area contributed by atoms with E-state index in [0.717, 1.165) is 38.1 Å². The van der Waals surface area contributed by atoms with Crippen LogP contribution in [0.3, 0.4) is 0 Å². The highest BCUT2D eigenvalue weighted by molar-refractivity contribution is 5.29. The van der Waals surface area contributed by atoms with E-state index in [2.05, 4.69) is 29.6 Å². The van der Waals surface area contributed by atoms with E-state index in [1.165, 1.54) is 24.0 Å². The lowest BCUT2D eigenvalue weighted by Gasteiger charge is -2.26. The standard InChI is InChI=1S/C16H23NO/c18-16-8-6-15(7-9-16)17-11-12-2-1-3-14(10-12)13-4-5-13/h1-3,10,13,15-18H,4-9,11H2. The molecule has 2 nitrogen and oxygen atoms in total. The third-order valence-electron chi connectivity index (χ3n) is 4.29. The van der Waals surface area contributed by atoms with Crippen molar-refractivity contribution < 1.29 is 5.11 Å². The van der Waals surface area contributed by atoms with Gasteiger partial charge in [0, 0.05) is 12.6 Å². The van der Waals surface area contributed by atoms with Crippen LogP contribution in [-0.2, 0) is 6.54 Å². The molecule has 1 aromatic rings. The molecule has 0 atom stereocenters. The van der Waals surface area contributed by atoms with Crippen molar-refractivity contribution in [3.8, 4) is 0 Å². The Balaban J connectivity index is 1.51. The number of aliphatic hydroxyl groups is 1. The Labute approximate surface area is 109 Å². The summed E-state index contributed by atoms with van der Waals surface area (Å²) >= 11 is 0. The minimum absolute atomic E-state index is 0.0544. The van der Waals surface area contributed by atoms with Gasteiger partial charge in [-0.15, -0.1) is 0 Å². The second-order valence-corrected chi connectivity index (χ2v) is 5.91. The number of rotatable bonds is 4. The van der Waals surface area contributed by atoms with Crippen LogP contribution in [0.15, 0.2) is 24.3 Å². The Morgan fingerprint density at radius 1 is 1.06 bits per heavy atom. The SMILES string of the molecule is OC1CCC(NCc2cccc(C3CC3)c2)CC1. The normalized spacial score (nSPS) is 28.3. The Bertz CT molecular complexity index is 392. The fourth-order valence-electron chi connectivity index (χ4n) is 2.92. The first kappa shape index (κ1) is 12.2. The van der Waals surface area contributed by atoms with Gasteiger partial charge in [0.15, 0.2) is 0 Å². The highest BCUT2D eigenvalue weighted by Crippen LogP contribution is 2.40. The molecule has 2 aliphatic carbocycles. The van der Waals surface area contributed by atoms with E-state index in [4.69, 9.17) is 0 Å². The fraction of sp³-hybridized carbons (Fsp3) is 0.625. The summed E-state index contributed by atoms with van der Waals surface area (Å²) in [5, 5.41) is 13.1. The quantitative estimate of drug-likeness (QED) is 0.855. The van der Waals surface area contributed by atoms with Crippen molar-refractivity contribution >= 4 is 0 Å². The van der Waals surface area contributed by atoms with Crippen LogP contribution in [-0.4, -0.2) is 17.3 Å². The van der Waals surface area contributed by atoms with Gasteiger partial charge in [0.25, 0.3) is 0 Å². The molecule has 2 saturated carbocycles. The van der Waals surface area contributed by atoms with Crippen molar-refractivity contribution in [2.75, 3.05) is 0 Å². The van der Waals surface area contributed by atoms with Gasteiger partial charge in [-0.05, 0) is 55.6 Å². The summed E-state index contributed by atoms with van der Waals surface area (Å²) in [6, 6.07) is 9.63. The topological polar surface area (TPSA) is 32.3 Å². The fourth-order valence-corrected chi connectivity index (χ4v) is 2.92. The molecule has 0 saturated heterocycles. The van der Waals surface area contributed by atoms with E-state index in [1.54, 1.807) is 0 Å². The van der Waals surface area contributed by atoms with Crippen LogP contribution < -0.4 is 5.32 Å². The molecule has 0 unspecified atom stereocenters. The molecule has 0 bridgehead atoms. The van der Waals surface area contributed by atoms with Gasteiger partial charge in [0.1, 0.15) is 0 Å². The molecule has 0 radical (unpaired) electrons. The molecule has 0 aromatic heterocycles. The summed E-state index contributed by atoms with van der Waals surface area (Å²) < 4.78 is 0. The molecule has 2 aliphatic rings. The summed E-state index contributed by atoms with van der Waals surface area (Å²) in [6.45, 7) is 0.974. The second-order valence-electron chi connectivity index (χ2n) is 5.91. The molecule has 2 N–H and O–H groups in total. The summed E-state index contributed by atoms with van der Waals surface area (Å²) in [7, 11) is 0. The second kappa shape index (κ2) is 5.41. The van der Waals surface area contributed by atoms with Gasteiger partial charge in [0.2, 0.25) is 0 Å². The van der Waals surface area contributed by atoms with Gasteiger partial charge >= 0.3 is 0 Å². The lowest BCUT2D eigenvalue weighted by molar-refractivity contribution is 0.116. The molecule has 2 heteroatoms. The summed E-state index contributed by atoms with van der Waals surface area (Å²) in [5.74, 6) is 0.842. The van der Waals surface area contributed by atoms with E-state index in [-0.39, 0.29) is 6.10 Å². The van der Waals surface area contributed by atoms with Crippen molar-refractivity contribution in [3.05, 3.63) is 35.4 Å². The first-order chi connectivity index (χ1) is 8.81. The monoisotopic (exact) mass is 245 g/mol. The molecular weight excluding hydrogens is 222 g/mol. The first-order valence-corrected chi connectivity index (χ1v) is 7.31. The molecule has 0 amide bonds. The van der Waals surface area contributed by atoms with E-state index in [9.17, 15) is 5.11 Å². The Morgan fingerprint density at radius 2 is 1.83 bits per heavy atom. The third kappa shape index (κ3) is 3.12. The predicted molar refractivity (Wildman–Crippen MR) is 73.5 cm³/mol. The maximum atomic E-state index is 9.49. The highest BCUT2D eigenvalue weighted by atomic mass is 16.3. The predicted octanol–water partition coefficient (Wildman–Crippen LogP) is 2.96. The number of hydrogen-bond acceptors (Lipinski definition) is 2. The molecule has 98 valence electrons. The Hall–Kier alpha value is -0.860. The average Bonchev–Trinajstić information content (AvgIpc) is 3.23. The van der Waals surface area contributed by atoms with Crippen molar-refractivity contribution in [3.63, 3.8) is 0 Å². The summed E-state index contributed by atoms with van der Waals surface area (Å²) in [6.07, 6.45) is 6.84. The van der Waals surface area contributed by atoms with Crippen molar-refractivity contribution in [2.45, 2.75) is 63.1 Å². The van der Waals surface area contributed by atoms with E-state index in [0.29, 0.717) is 6.04 Å². The first-order valence-electron chi connectivity index (χ1n) is 7.31. The maximum absolute atomic E-state index is 9.49. The number of hydrogen-bond donors (Lipinski definition) is 2. The van der Waals surface area contributed by atoms with Crippen molar-refractivity contribution in [1.82, 2.24) is 5.32 Å². The molecule has 1 aromatic carbocycles. The van der Waals surface area contributed by atoms with Crippen LogP contribution >= 0.6 is 0 Å². The zero-order chi connectivity index (χ0) is 12.4. The zero-order valence-electron chi connectivity index (χ0n) is 10.9. The van der Waals surface area contributed by atoms with Crippen LogP contribution in [0.1, 0.15) is 55.6 Å². The van der Waals surface area contributed by atoms with E-state index < -0.39 is 0 Å². The molecule has 3 rings (SSSR count). The number of aliphatic hydroxyl groups excluding tert-OH is 1. The minimum atomic E-state index is -0.0544. The lowest BCUT2D eigenvalue weighted by Crippen LogP contribution is -2.34. The third-order valence-corrected chi connectivity index (χ3v) is 4.29. The van der Waals surface area contributed by atoms with Crippen LogP contribution in [0.4, 0.5) is 0 Å². The summed E-state index contributed by atoms with van der Waals surface area (Å²) in [5.41, 5.74) is 2.93. The van der Waals surface area contributed by atoms with Gasteiger partial charge in [-0.1, -0.05) is 24.3 Å².